The average Bonchev–Trinajstić information content (AvgIpc) is 2.45. The molecule has 0 bridgehead atoms. The molecule has 0 amide bonds. The van der Waals surface area contributed by atoms with Crippen LogP contribution in [0.15, 0.2) is 22.8 Å². The highest BCUT2D eigenvalue weighted by atomic mass is 79.9. The van der Waals surface area contributed by atoms with Crippen LogP contribution in [0.1, 0.15) is 18.3 Å². The predicted octanol–water partition coefficient (Wildman–Crippen LogP) is 2.29. The zero-order valence-electron chi connectivity index (χ0n) is 8.87. The zero-order valence-corrected chi connectivity index (χ0v) is 10.5. The van der Waals surface area contributed by atoms with Gasteiger partial charge in [0.2, 0.25) is 0 Å². The molecule has 0 aliphatic heterocycles. The molecule has 2 aromatic heterocycles. The maximum absolute atomic E-state index is 5.83. The van der Waals surface area contributed by atoms with Crippen LogP contribution < -0.4 is 5.73 Å². The molecule has 1 atom stereocenters. The summed E-state index contributed by atoms with van der Waals surface area (Å²) in [6, 6.07) is 4.16. The maximum atomic E-state index is 5.83. The number of nitrogens with two attached hydrogens (primary N) is 1. The molecule has 0 saturated carbocycles. The van der Waals surface area contributed by atoms with Gasteiger partial charge in [0.25, 0.3) is 0 Å². The van der Waals surface area contributed by atoms with E-state index < -0.39 is 0 Å². The van der Waals surface area contributed by atoms with Crippen molar-refractivity contribution in [1.82, 2.24) is 9.38 Å². The second-order valence-corrected chi connectivity index (χ2v) is 4.73. The van der Waals surface area contributed by atoms with Crippen molar-refractivity contribution in [1.29, 1.82) is 0 Å². The van der Waals surface area contributed by atoms with Gasteiger partial charge in [0.1, 0.15) is 0 Å². The lowest BCUT2D eigenvalue weighted by molar-refractivity contribution is 0.713. The van der Waals surface area contributed by atoms with E-state index in [0.717, 1.165) is 22.2 Å². The lowest BCUT2D eigenvalue weighted by Gasteiger charge is -2.06. The van der Waals surface area contributed by atoms with Gasteiger partial charge in [-0.2, -0.15) is 0 Å². The van der Waals surface area contributed by atoms with Crippen LogP contribution >= 0.6 is 15.9 Å². The van der Waals surface area contributed by atoms with Crippen LogP contribution in [0.5, 0.6) is 0 Å². The molecule has 0 saturated heterocycles. The van der Waals surface area contributed by atoms with Crippen LogP contribution in [0, 0.1) is 6.92 Å². The third-order valence-corrected chi connectivity index (χ3v) is 3.04. The van der Waals surface area contributed by atoms with E-state index in [9.17, 15) is 0 Å². The average molecular weight is 268 g/mol. The Hall–Kier alpha value is -0.870. The Kier molecular flexibility index (Phi) is 2.80. The summed E-state index contributed by atoms with van der Waals surface area (Å²) in [5.74, 6) is 0. The number of pyridine rings is 1. The molecule has 0 aromatic carbocycles. The number of aryl methyl sites for hydroxylation is 1. The Labute approximate surface area is 97.4 Å². The van der Waals surface area contributed by atoms with Gasteiger partial charge in [-0.3, -0.25) is 0 Å². The van der Waals surface area contributed by atoms with Gasteiger partial charge in [0, 0.05) is 24.4 Å². The summed E-state index contributed by atoms with van der Waals surface area (Å²) in [5, 5.41) is 0. The molecule has 2 N–H and O–H groups in total. The first-order valence-corrected chi connectivity index (χ1v) is 5.76. The van der Waals surface area contributed by atoms with Gasteiger partial charge in [-0.25, -0.2) is 4.98 Å². The Morgan fingerprint density at radius 3 is 3.00 bits per heavy atom. The lowest BCUT2D eigenvalue weighted by atomic mass is 10.1. The number of hydrogen-bond donors (Lipinski definition) is 1. The third-order valence-electron chi connectivity index (χ3n) is 2.42. The van der Waals surface area contributed by atoms with Gasteiger partial charge < -0.3 is 10.1 Å². The molecule has 2 heterocycles. The summed E-state index contributed by atoms with van der Waals surface area (Å²) in [6.45, 7) is 4.04. The number of aromatic nitrogens is 2. The monoisotopic (exact) mass is 267 g/mol. The summed E-state index contributed by atoms with van der Waals surface area (Å²) in [5.41, 5.74) is 9.04. The fourth-order valence-electron chi connectivity index (χ4n) is 1.75. The number of hydrogen-bond acceptors (Lipinski definition) is 2. The van der Waals surface area contributed by atoms with Crippen LogP contribution in [-0.2, 0) is 6.42 Å². The van der Waals surface area contributed by atoms with Crippen molar-refractivity contribution in [2.75, 3.05) is 0 Å². The molecule has 0 radical (unpaired) electrons. The summed E-state index contributed by atoms with van der Waals surface area (Å²) in [6.07, 6.45) is 2.88. The van der Waals surface area contributed by atoms with Gasteiger partial charge in [-0.15, -0.1) is 0 Å². The molecule has 0 spiro atoms. The van der Waals surface area contributed by atoms with Gasteiger partial charge in [0.05, 0.1) is 10.2 Å². The van der Waals surface area contributed by atoms with E-state index in [1.165, 1.54) is 5.69 Å². The first kappa shape index (κ1) is 10.6. The molecule has 4 heteroatoms. The second-order valence-electron chi connectivity index (χ2n) is 3.88. The van der Waals surface area contributed by atoms with Crippen molar-refractivity contribution >= 4 is 21.6 Å². The number of nitrogens with zero attached hydrogens (tertiary/aromatic N) is 2. The summed E-state index contributed by atoms with van der Waals surface area (Å²) >= 11 is 3.50. The predicted molar refractivity (Wildman–Crippen MR) is 65.0 cm³/mol. The van der Waals surface area contributed by atoms with Crippen LogP contribution in [-0.4, -0.2) is 15.4 Å². The van der Waals surface area contributed by atoms with E-state index in [2.05, 4.69) is 25.3 Å². The maximum Gasteiger partial charge on any atom is 0.151 e. The Bertz CT molecular complexity index is 488. The molecule has 80 valence electrons. The molecule has 15 heavy (non-hydrogen) atoms. The quantitative estimate of drug-likeness (QED) is 0.908. The SMILES string of the molecule is Cc1nc2c(Br)cccn2c1CC(C)N. The highest BCUT2D eigenvalue weighted by Crippen LogP contribution is 2.20. The highest BCUT2D eigenvalue weighted by molar-refractivity contribution is 9.10. The summed E-state index contributed by atoms with van der Waals surface area (Å²) in [7, 11) is 0. The number of imidazole rings is 1. The number of rotatable bonds is 2. The van der Waals surface area contributed by atoms with E-state index in [0.29, 0.717) is 0 Å². The highest BCUT2D eigenvalue weighted by Gasteiger charge is 2.11. The van der Waals surface area contributed by atoms with Crippen molar-refractivity contribution in [2.45, 2.75) is 26.3 Å². The zero-order chi connectivity index (χ0) is 11.0. The molecule has 1 unspecified atom stereocenters. The second kappa shape index (κ2) is 3.94. The minimum atomic E-state index is 0.155. The minimum Gasteiger partial charge on any atom is -0.328 e. The first-order valence-electron chi connectivity index (χ1n) is 4.97. The van der Waals surface area contributed by atoms with Crippen molar-refractivity contribution < 1.29 is 0 Å². The molecule has 2 aromatic rings. The van der Waals surface area contributed by atoms with Gasteiger partial charge >= 0.3 is 0 Å². The van der Waals surface area contributed by atoms with Gasteiger partial charge in [0.15, 0.2) is 5.65 Å². The summed E-state index contributed by atoms with van der Waals surface area (Å²) < 4.78 is 3.12. The topological polar surface area (TPSA) is 43.3 Å². The summed E-state index contributed by atoms with van der Waals surface area (Å²) in [4.78, 5) is 4.53. The third kappa shape index (κ3) is 1.92. The largest absolute Gasteiger partial charge is 0.328 e. The molecule has 0 aliphatic rings. The first-order chi connectivity index (χ1) is 7.09. The normalized spacial score (nSPS) is 13.3. The fourth-order valence-corrected chi connectivity index (χ4v) is 2.18. The molecule has 2 rings (SSSR count). The number of halogens is 1. The van der Waals surface area contributed by atoms with Crippen LogP contribution in [0.4, 0.5) is 0 Å². The smallest absolute Gasteiger partial charge is 0.151 e. The molecule has 0 fully saturated rings. The lowest BCUT2D eigenvalue weighted by Crippen LogP contribution is -2.19. The van der Waals surface area contributed by atoms with Gasteiger partial charge in [-0.1, -0.05) is 0 Å². The Morgan fingerprint density at radius 1 is 1.60 bits per heavy atom. The Morgan fingerprint density at radius 2 is 2.33 bits per heavy atom. The van der Waals surface area contributed by atoms with E-state index in [1.54, 1.807) is 0 Å². The standard InChI is InChI=1S/C11H14BrN3/c1-7(13)6-10-8(2)14-11-9(12)4-3-5-15(10)11/h3-5,7H,6,13H2,1-2H3. The molecule has 0 aliphatic carbocycles. The molecule has 3 nitrogen and oxygen atoms in total. The number of fused-ring (bicyclic) bond motifs is 1. The fraction of sp³-hybridized carbons (Fsp3) is 0.364. The van der Waals surface area contributed by atoms with Crippen molar-refractivity contribution in [3.05, 3.63) is 34.2 Å². The van der Waals surface area contributed by atoms with Crippen LogP contribution in [0.25, 0.3) is 5.65 Å². The van der Waals surface area contributed by atoms with Crippen molar-refractivity contribution in [3.63, 3.8) is 0 Å². The minimum absolute atomic E-state index is 0.155. The van der Waals surface area contributed by atoms with Crippen LogP contribution in [0.2, 0.25) is 0 Å². The molecular formula is C11H14BrN3. The molecular weight excluding hydrogens is 254 g/mol. The van der Waals surface area contributed by atoms with E-state index in [-0.39, 0.29) is 6.04 Å². The van der Waals surface area contributed by atoms with E-state index in [4.69, 9.17) is 5.73 Å². The van der Waals surface area contributed by atoms with Crippen molar-refractivity contribution in [2.24, 2.45) is 5.73 Å². The Balaban J connectivity index is 2.63. The van der Waals surface area contributed by atoms with Gasteiger partial charge in [-0.05, 0) is 41.9 Å². The van der Waals surface area contributed by atoms with E-state index >= 15 is 0 Å². The van der Waals surface area contributed by atoms with Crippen LogP contribution in [0.3, 0.4) is 0 Å². The van der Waals surface area contributed by atoms with Crippen molar-refractivity contribution in [3.8, 4) is 0 Å². The van der Waals surface area contributed by atoms with E-state index in [1.807, 2.05) is 32.2 Å².